The molecule has 2 rings (SSSR count). The highest BCUT2D eigenvalue weighted by Gasteiger charge is 2.08. The lowest BCUT2D eigenvalue weighted by Crippen LogP contribution is -2.13. The molecule has 0 unspecified atom stereocenters. The lowest BCUT2D eigenvalue weighted by Gasteiger charge is -1.99. The first kappa shape index (κ1) is 9.53. The van der Waals surface area contributed by atoms with Crippen molar-refractivity contribution in [3.8, 4) is 0 Å². The number of anilines is 1. The number of tetrazole rings is 1. The topological polar surface area (TPSA) is 96.5 Å². The molecular formula is C7H5ClN6O. The Kier molecular flexibility index (Phi) is 2.55. The summed E-state index contributed by atoms with van der Waals surface area (Å²) in [7, 11) is 0. The van der Waals surface area contributed by atoms with Crippen molar-refractivity contribution < 1.29 is 4.79 Å². The van der Waals surface area contributed by atoms with Crippen LogP contribution < -0.4 is 5.32 Å². The molecule has 2 aromatic heterocycles. The summed E-state index contributed by atoms with van der Waals surface area (Å²) in [4.78, 5) is 15.3. The van der Waals surface area contributed by atoms with Crippen LogP contribution in [0.2, 0.25) is 5.15 Å². The van der Waals surface area contributed by atoms with E-state index in [0.29, 0.717) is 10.7 Å². The number of aromatic amines is 1. The van der Waals surface area contributed by atoms with E-state index in [1.165, 1.54) is 12.3 Å². The number of hydrogen-bond acceptors (Lipinski definition) is 5. The van der Waals surface area contributed by atoms with E-state index < -0.39 is 0 Å². The minimum atomic E-state index is -0.374. The van der Waals surface area contributed by atoms with Gasteiger partial charge in [0, 0.05) is 6.20 Å². The SMILES string of the molecule is O=C(Nc1nn[nH]n1)c1ccc(Cl)nc1. The Hall–Kier alpha value is -2.02. The largest absolute Gasteiger partial charge is 0.288 e. The number of rotatable bonds is 2. The number of aromatic nitrogens is 5. The van der Waals surface area contributed by atoms with Gasteiger partial charge in [-0.05, 0) is 17.3 Å². The predicted octanol–water partition coefficient (Wildman–Crippen LogP) is 0.500. The molecule has 76 valence electrons. The minimum absolute atomic E-state index is 0.106. The summed E-state index contributed by atoms with van der Waals surface area (Å²) in [6.07, 6.45) is 1.36. The molecule has 0 radical (unpaired) electrons. The maximum atomic E-state index is 11.5. The van der Waals surface area contributed by atoms with Gasteiger partial charge >= 0.3 is 0 Å². The van der Waals surface area contributed by atoms with Gasteiger partial charge in [0.25, 0.3) is 11.9 Å². The summed E-state index contributed by atoms with van der Waals surface area (Å²) in [5.74, 6) is -0.268. The number of halogens is 1. The summed E-state index contributed by atoms with van der Waals surface area (Å²) < 4.78 is 0. The van der Waals surface area contributed by atoms with E-state index in [0.717, 1.165) is 0 Å². The third kappa shape index (κ3) is 2.26. The number of H-pyrrole nitrogens is 1. The highest BCUT2D eigenvalue weighted by molar-refractivity contribution is 6.29. The van der Waals surface area contributed by atoms with Crippen molar-refractivity contribution in [3.05, 3.63) is 29.0 Å². The first-order valence-corrected chi connectivity index (χ1v) is 4.30. The van der Waals surface area contributed by atoms with E-state index in [4.69, 9.17) is 11.6 Å². The van der Waals surface area contributed by atoms with E-state index in [9.17, 15) is 4.79 Å². The second-order valence-corrected chi connectivity index (χ2v) is 2.95. The number of nitrogens with one attached hydrogen (secondary N) is 2. The van der Waals surface area contributed by atoms with E-state index in [1.54, 1.807) is 6.07 Å². The van der Waals surface area contributed by atoms with Crippen LogP contribution in [0.1, 0.15) is 10.4 Å². The maximum absolute atomic E-state index is 11.5. The molecule has 1 amide bonds. The normalized spacial score (nSPS) is 9.93. The van der Waals surface area contributed by atoms with Gasteiger partial charge in [0.05, 0.1) is 5.56 Å². The van der Waals surface area contributed by atoms with E-state index in [2.05, 4.69) is 30.9 Å². The molecule has 8 heteroatoms. The highest BCUT2D eigenvalue weighted by Crippen LogP contribution is 2.06. The standard InChI is InChI=1S/C7H5ClN6O/c8-5-2-1-4(3-9-5)6(15)10-7-11-13-14-12-7/h1-3H,(H2,10,11,12,13,14,15). The molecule has 0 aliphatic heterocycles. The third-order valence-corrected chi connectivity index (χ3v) is 1.78. The van der Waals surface area contributed by atoms with Crippen molar-refractivity contribution in [2.75, 3.05) is 5.32 Å². The number of nitrogens with zero attached hydrogens (tertiary/aromatic N) is 4. The molecule has 0 spiro atoms. The predicted molar refractivity (Wildman–Crippen MR) is 51.4 cm³/mol. The van der Waals surface area contributed by atoms with Crippen LogP contribution >= 0.6 is 11.6 Å². The molecule has 0 fully saturated rings. The molecule has 0 saturated heterocycles. The molecule has 0 saturated carbocycles. The Morgan fingerprint density at radius 2 is 2.33 bits per heavy atom. The van der Waals surface area contributed by atoms with Crippen molar-refractivity contribution in [3.63, 3.8) is 0 Å². The Morgan fingerprint density at radius 1 is 1.47 bits per heavy atom. The van der Waals surface area contributed by atoms with Gasteiger partial charge in [0.15, 0.2) is 0 Å². The van der Waals surface area contributed by atoms with Gasteiger partial charge in [0.2, 0.25) is 0 Å². The van der Waals surface area contributed by atoms with Gasteiger partial charge in [-0.3, -0.25) is 10.1 Å². The highest BCUT2D eigenvalue weighted by atomic mass is 35.5. The molecule has 7 nitrogen and oxygen atoms in total. The quantitative estimate of drug-likeness (QED) is 0.724. The van der Waals surface area contributed by atoms with Gasteiger partial charge in [-0.2, -0.15) is 5.21 Å². The van der Waals surface area contributed by atoms with Crippen LogP contribution in [0.4, 0.5) is 5.95 Å². The number of carbonyl (C=O) groups is 1. The first-order chi connectivity index (χ1) is 7.25. The van der Waals surface area contributed by atoms with E-state index >= 15 is 0 Å². The van der Waals surface area contributed by atoms with Gasteiger partial charge in [-0.1, -0.05) is 16.7 Å². The van der Waals surface area contributed by atoms with Crippen LogP contribution in [0, 0.1) is 0 Å². The van der Waals surface area contributed by atoms with Crippen LogP contribution in [0.25, 0.3) is 0 Å². The first-order valence-electron chi connectivity index (χ1n) is 3.92. The molecule has 2 N–H and O–H groups in total. The van der Waals surface area contributed by atoms with Crippen molar-refractivity contribution in [2.45, 2.75) is 0 Å². The fourth-order valence-electron chi connectivity index (χ4n) is 0.899. The van der Waals surface area contributed by atoms with Crippen LogP contribution in [0.15, 0.2) is 18.3 Å². The molecule has 0 aliphatic rings. The third-order valence-electron chi connectivity index (χ3n) is 1.56. The average molecular weight is 225 g/mol. The molecule has 0 aromatic carbocycles. The zero-order chi connectivity index (χ0) is 10.7. The van der Waals surface area contributed by atoms with Crippen molar-refractivity contribution in [2.24, 2.45) is 0 Å². The zero-order valence-corrected chi connectivity index (χ0v) is 8.06. The summed E-state index contributed by atoms with van der Waals surface area (Å²) in [6, 6.07) is 3.07. The molecule has 0 aliphatic carbocycles. The fraction of sp³-hybridized carbons (Fsp3) is 0. The zero-order valence-electron chi connectivity index (χ0n) is 7.31. The smallest absolute Gasteiger partial charge is 0.270 e. The van der Waals surface area contributed by atoms with Crippen LogP contribution in [0.5, 0.6) is 0 Å². The number of hydrogen-bond donors (Lipinski definition) is 2. The van der Waals surface area contributed by atoms with Crippen LogP contribution in [-0.2, 0) is 0 Å². The Morgan fingerprint density at radius 3 is 2.93 bits per heavy atom. The van der Waals surface area contributed by atoms with Gasteiger partial charge in [0.1, 0.15) is 5.15 Å². The van der Waals surface area contributed by atoms with Crippen LogP contribution in [-0.4, -0.2) is 31.5 Å². The van der Waals surface area contributed by atoms with Gasteiger partial charge in [-0.15, -0.1) is 5.10 Å². The second kappa shape index (κ2) is 4.01. The van der Waals surface area contributed by atoms with Gasteiger partial charge in [-0.25, -0.2) is 4.98 Å². The average Bonchev–Trinajstić information content (AvgIpc) is 2.71. The lowest BCUT2D eigenvalue weighted by atomic mass is 10.3. The van der Waals surface area contributed by atoms with Crippen molar-refractivity contribution in [1.82, 2.24) is 25.6 Å². The summed E-state index contributed by atoms with van der Waals surface area (Å²) in [5.41, 5.74) is 0.365. The van der Waals surface area contributed by atoms with E-state index in [-0.39, 0.29) is 11.9 Å². The fourth-order valence-corrected chi connectivity index (χ4v) is 1.01. The molecule has 2 aromatic rings. The Labute approximate surface area is 88.9 Å². The second-order valence-electron chi connectivity index (χ2n) is 2.56. The Bertz CT molecular complexity index is 453. The summed E-state index contributed by atoms with van der Waals surface area (Å²) in [5, 5.41) is 15.4. The molecule has 2 heterocycles. The van der Waals surface area contributed by atoms with Gasteiger partial charge < -0.3 is 0 Å². The maximum Gasteiger partial charge on any atom is 0.270 e. The summed E-state index contributed by atoms with van der Waals surface area (Å²) >= 11 is 5.58. The Balaban J connectivity index is 2.11. The lowest BCUT2D eigenvalue weighted by molar-refractivity contribution is 0.102. The monoisotopic (exact) mass is 224 g/mol. The van der Waals surface area contributed by atoms with Crippen LogP contribution in [0.3, 0.4) is 0 Å². The number of amides is 1. The summed E-state index contributed by atoms with van der Waals surface area (Å²) in [6.45, 7) is 0. The molecule has 15 heavy (non-hydrogen) atoms. The molecular weight excluding hydrogens is 220 g/mol. The minimum Gasteiger partial charge on any atom is -0.288 e. The molecule has 0 bridgehead atoms. The van der Waals surface area contributed by atoms with Crippen molar-refractivity contribution >= 4 is 23.5 Å². The molecule has 0 atom stereocenters. The number of pyridine rings is 1. The number of carbonyl (C=O) groups excluding carboxylic acids is 1. The van der Waals surface area contributed by atoms with E-state index in [1.807, 2.05) is 0 Å². The van der Waals surface area contributed by atoms with Crippen molar-refractivity contribution in [1.29, 1.82) is 0 Å².